The van der Waals surface area contributed by atoms with Crippen LogP contribution in [0.4, 0.5) is 0 Å². The molecule has 0 spiro atoms. The number of unbranched alkanes of at least 4 members (excludes halogenated alkanes) is 1. The molecule has 2 heteroatoms. The van der Waals surface area contributed by atoms with Gasteiger partial charge in [0.1, 0.15) is 0 Å². The van der Waals surface area contributed by atoms with Crippen LogP contribution in [0.2, 0.25) is 0 Å². The summed E-state index contributed by atoms with van der Waals surface area (Å²) < 4.78 is 0. The quantitative estimate of drug-likeness (QED) is 0.722. The largest absolute Gasteiger partial charge is 0.313 e. The second-order valence-electron chi connectivity index (χ2n) is 5.77. The predicted octanol–water partition coefficient (Wildman–Crippen LogP) is 3.21. The zero-order chi connectivity index (χ0) is 12.8. The first-order valence-corrected chi connectivity index (χ1v) is 7.28. The van der Waals surface area contributed by atoms with Crippen LogP contribution >= 0.6 is 0 Å². The minimum Gasteiger partial charge on any atom is -0.313 e. The molecule has 0 saturated heterocycles. The van der Waals surface area contributed by atoms with Crippen molar-refractivity contribution in [3.8, 4) is 0 Å². The summed E-state index contributed by atoms with van der Waals surface area (Å²) in [5.41, 5.74) is 4.37. The first-order valence-electron chi connectivity index (χ1n) is 7.28. The van der Waals surface area contributed by atoms with Crippen molar-refractivity contribution >= 4 is 0 Å². The second-order valence-corrected chi connectivity index (χ2v) is 5.77. The lowest BCUT2D eigenvalue weighted by Crippen LogP contribution is -2.15. The van der Waals surface area contributed by atoms with Gasteiger partial charge in [-0.15, -0.1) is 0 Å². The Morgan fingerprint density at radius 1 is 1.17 bits per heavy atom. The highest BCUT2D eigenvalue weighted by Crippen LogP contribution is 2.16. The summed E-state index contributed by atoms with van der Waals surface area (Å²) in [5.74, 6) is 0.842. The number of rotatable bonds is 7. The maximum atomic E-state index is 3.55. The number of benzene rings is 1. The number of hydrogen-bond acceptors (Lipinski definition) is 2. The highest BCUT2D eigenvalue weighted by molar-refractivity contribution is 5.34. The van der Waals surface area contributed by atoms with E-state index in [-0.39, 0.29) is 0 Å². The molecule has 18 heavy (non-hydrogen) atoms. The first kappa shape index (κ1) is 13.6. The normalized spacial score (nSPS) is 14.2. The lowest BCUT2D eigenvalue weighted by atomic mass is 10.1. The Balaban J connectivity index is 1.65. The standard InChI is InChI=1S/C16H26N2/c1-13(2)5-3-4-8-17-10-14-6-7-15-11-18-12-16(15)9-14/h6-7,9,13,17-18H,3-5,8,10-12H2,1-2H3. The second kappa shape index (κ2) is 6.91. The zero-order valence-corrected chi connectivity index (χ0v) is 11.8. The zero-order valence-electron chi connectivity index (χ0n) is 11.8. The van der Waals surface area contributed by atoms with Crippen molar-refractivity contribution in [1.29, 1.82) is 0 Å². The highest BCUT2D eigenvalue weighted by Gasteiger charge is 2.09. The highest BCUT2D eigenvalue weighted by atomic mass is 14.9. The summed E-state index contributed by atoms with van der Waals surface area (Å²) in [6.07, 6.45) is 4.00. The van der Waals surface area contributed by atoms with Crippen molar-refractivity contribution in [2.24, 2.45) is 5.92 Å². The Kier molecular flexibility index (Phi) is 5.21. The summed E-state index contributed by atoms with van der Waals surface area (Å²) in [7, 11) is 0. The summed E-state index contributed by atoms with van der Waals surface area (Å²) in [5, 5.41) is 6.94. The van der Waals surface area contributed by atoms with E-state index < -0.39 is 0 Å². The first-order chi connectivity index (χ1) is 8.75. The van der Waals surface area contributed by atoms with Gasteiger partial charge in [0.2, 0.25) is 0 Å². The lowest BCUT2D eigenvalue weighted by Gasteiger charge is -2.07. The fourth-order valence-corrected chi connectivity index (χ4v) is 2.49. The molecular formula is C16H26N2. The van der Waals surface area contributed by atoms with Gasteiger partial charge in [0.25, 0.3) is 0 Å². The Morgan fingerprint density at radius 2 is 2.00 bits per heavy atom. The Labute approximate surface area is 111 Å². The van der Waals surface area contributed by atoms with Crippen molar-refractivity contribution in [2.45, 2.75) is 52.7 Å². The Morgan fingerprint density at radius 3 is 2.83 bits per heavy atom. The molecule has 1 aromatic rings. The third-order valence-electron chi connectivity index (χ3n) is 3.62. The van der Waals surface area contributed by atoms with E-state index in [9.17, 15) is 0 Å². The monoisotopic (exact) mass is 246 g/mol. The van der Waals surface area contributed by atoms with Gasteiger partial charge in [-0.3, -0.25) is 0 Å². The van der Waals surface area contributed by atoms with E-state index in [1.54, 1.807) is 0 Å². The minimum absolute atomic E-state index is 0.842. The van der Waals surface area contributed by atoms with Crippen LogP contribution in [0.15, 0.2) is 18.2 Å². The van der Waals surface area contributed by atoms with Crippen LogP contribution in [0.3, 0.4) is 0 Å². The van der Waals surface area contributed by atoms with Gasteiger partial charge < -0.3 is 10.6 Å². The molecule has 0 atom stereocenters. The fraction of sp³-hybridized carbons (Fsp3) is 0.625. The summed E-state index contributed by atoms with van der Waals surface area (Å²) in [6.45, 7) is 8.82. The molecule has 0 fully saturated rings. The van der Waals surface area contributed by atoms with E-state index in [0.29, 0.717) is 0 Å². The molecule has 2 N–H and O–H groups in total. The average Bonchev–Trinajstić information content (AvgIpc) is 2.80. The van der Waals surface area contributed by atoms with E-state index in [4.69, 9.17) is 0 Å². The fourth-order valence-electron chi connectivity index (χ4n) is 2.49. The van der Waals surface area contributed by atoms with Crippen LogP contribution in [0.1, 0.15) is 49.8 Å². The van der Waals surface area contributed by atoms with Gasteiger partial charge in [0.15, 0.2) is 0 Å². The molecule has 0 unspecified atom stereocenters. The third-order valence-corrected chi connectivity index (χ3v) is 3.62. The van der Waals surface area contributed by atoms with Gasteiger partial charge in [0.05, 0.1) is 0 Å². The Bertz CT molecular complexity index is 371. The van der Waals surface area contributed by atoms with Crippen molar-refractivity contribution in [3.05, 3.63) is 34.9 Å². The van der Waals surface area contributed by atoms with Crippen molar-refractivity contribution in [2.75, 3.05) is 6.54 Å². The molecule has 0 amide bonds. The molecule has 0 aliphatic carbocycles. The molecule has 100 valence electrons. The molecule has 2 rings (SSSR count). The van der Waals surface area contributed by atoms with E-state index in [0.717, 1.165) is 32.1 Å². The molecule has 0 radical (unpaired) electrons. The molecular weight excluding hydrogens is 220 g/mol. The molecule has 0 aromatic heterocycles. The van der Waals surface area contributed by atoms with Crippen LogP contribution in [-0.2, 0) is 19.6 Å². The van der Waals surface area contributed by atoms with E-state index >= 15 is 0 Å². The topological polar surface area (TPSA) is 24.1 Å². The number of fused-ring (bicyclic) bond motifs is 1. The van der Waals surface area contributed by atoms with Crippen molar-refractivity contribution in [1.82, 2.24) is 10.6 Å². The van der Waals surface area contributed by atoms with Gasteiger partial charge >= 0.3 is 0 Å². The number of hydrogen-bond donors (Lipinski definition) is 2. The smallest absolute Gasteiger partial charge is 0.0212 e. The summed E-state index contributed by atoms with van der Waals surface area (Å²) in [4.78, 5) is 0. The predicted molar refractivity (Wildman–Crippen MR) is 77.4 cm³/mol. The van der Waals surface area contributed by atoms with Gasteiger partial charge in [-0.05, 0) is 35.6 Å². The molecule has 1 heterocycles. The minimum atomic E-state index is 0.842. The summed E-state index contributed by atoms with van der Waals surface area (Å²) in [6, 6.07) is 6.87. The van der Waals surface area contributed by atoms with Crippen LogP contribution in [0.5, 0.6) is 0 Å². The van der Waals surface area contributed by atoms with E-state index in [1.807, 2.05) is 0 Å². The molecule has 1 aliphatic rings. The van der Waals surface area contributed by atoms with Crippen molar-refractivity contribution < 1.29 is 0 Å². The molecule has 0 bridgehead atoms. The SMILES string of the molecule is CC(C)CCCCNCc1ccc2c(c1)CNC2. The van der Waals surface area contributed by atoms with Crippen LogP contribution in [-0.4, -0.2) is 6.54 Å². The van der Waals surface area contributed by atoms with E-state index in [1.165, 1.54) is 36.0 Å². The number of nitrogens with one attached hydrogen (secondary N) is 2. The maximum absolute atomic E-state index is 3.55. The third kappa shape index (κ3) is 4.11. The van der Waals surface area contributed by atoms with Gasteiger partial charge in [-0.25, -0.2) is 0 Å². The Hall–Kier alpha value is -0.860. The van der Waals surface area contributed by atoms with Crippen LogP contribution in [0, 0.1) is 5.92 Å². The maximum Gasteiger partial charge on any atom is 0.0212 e. The molecule has 1 aliphatic heterocycles. The lowest BCUT2D eigenvalue weighted by molar-refractivity contribution is 0.520. The molecule has 0 saturated carbocycles. The van der Waals surface area contributed by atoms with Gasteiger partial charge in [-0.1, -0.05) is 44.9 Å². The van der Waals surface area contributed by atoms with Gasteiger partial charge in [-0.2, -0.15) is 0 Å². The molecule has 2 nitrogen and oxygen atoms in total. The summed E-state index contributed by atoms with van der Waals surface area (Å²) >= 11 is 0. The van der Waals surface area contributed by atoms with Crippen LogP contribution < -0.4 is 10.6 Å². The van der Waals surface area contributed by atoms with Crippen molar-refractivity contribution in [3.63, 3.8) is 0 Å². The average molecular weight is 246 g/mol. The van der Waals surface area contributed by atoms with Gasteiger partial charge in [0, 0.05) is 19.6 Å². The van der Waals surface area contributed by atoms with Crippen LogP contribution in [0.25, 0.3) is 0 Å². The van der Waals surface area contributed by atoms with E-state index in [2.05, 4.69) is 42.7 Å². The molecule has 1 aromatic carbocycles.